The molecule has 0 spiro atoms. The smallest absolute Gasteiger partial charge is 0.251 e. The van der Waals surface area contributed by atoms with Gasteiger partial charge in [-0.3, -0.25) is 4.79 Å². The lowest BCUT2D eigenvalue weighted by molar-refractivity contribution is 0.125. The minimum Gasteiger partial charge on any atom is -0.391 e. The van der Waals surface area contributed by atoms with E-state index in [1.54, 1.807) is 23.8 Å². The summed E-state index contributed by atoms with van der Waals surface area (Å²) in [6.45, 7) is 5.55. The minimum absolute atomic E-state index is 0.0437. The van der Waals surface area contributed by atoms with Gasteiger partial charge in [0.1, 0.15) is 0 Å². The topological polar surface area (TPSA) is 42.2 Å². The third-order valence-electron chi connectivity index (χ3n) is 2.44. The SMILES string of the molecule is CC[C@@H](C(C)O)n1ccc(C)cc1=O. The van der Waals surface area contributed by atoms with Crippen molar-refractivity contribution in [1.29, 1.82) is 0 Å². The lowest BCUT2D eigenvalue weighted by atomic mass is 10.1. The molecule has 3 nitrogen and oxygen atoms in total. The first-order valence-electron chi connectivity index (χ1n) is 4.93. The highest BCUT2D eigenvalue weighted by molar-refractivity contribution is 5.08. The lowest BCUT2D eigenvalue weighted by Crippen LogP contribution is -2.30. The Morgan fingerprint density at radius 3 is 2.64 bits per heavy atom. The van der Waals surface area contributed by atoms with Crippen molar-refractivity contribution < 1.29 is 5.11 Å². The number of nitrogens with zero attached hydrogens (tertiary/aromatic N) is 1. The van der Waals surface area contributed by atoms with Gasteiger partial charge < -0.3 is 9.67 Å². The number of aromatic nitrogens is 1. The average Bonchev–Trinajstić information content (AvgIpc) is 2.09. The molecule has 0 aliphatic heterocycles. The van der Waals surface area contributed by atoms with Crippen LogP contribution in [0.3, 0.4) is 0 Å². The van der Waals surface area contributed by atoms with Crippen molar-refractivity contribution in [2.24, 2.45) is 0 Å². The molecular weight excluding hydrogens is 178 g/mol. The summed E-state index contributed by atoms with van der Waals surface area (Å²) in [6.07, 6.45) is 2.00. The van der Waals surface area contributed by atoms with Crippen molar-refractivity contribution in [2.75, 3.05) is 0 Å². The predicted molar refractivity (Wildman–Crippen MR) is 56.4 cm³/mol. The van der Waals surface area contributed by atoms with Crippen LogP contribution in [-0.4, -0.2) is 15.8 Å². The van der Waals surface area contributed by atoms with Gasteiger partial charge in [-0.1, -0.05) is 6.92 Å². The zero-order chi connectivity index (χ0) is 10.7. The molecule has 0 amide bonds. The molecule has 1 rings (SSSR count). The van der Waals surface area contributed by atoms with Gasteiger partial charge in [0.15, 0.2) is 0 Å². The first-order valence-corrected chi connectivity index (χ1v) is 4.93. The Morgan fingerprint density at radius 2 is 2.21 bits per heavy atom. The molecule has 0 saturated heterocycles. The zero-order valence-corrected chi connectivity index (χ0v) is 8.90. The van der Waals surface area contributed by atoms with Crippen LogP contribution in [0.15, 0.2) is 23.1 Å². The third-order valence-corrected chi connectivity index (χ3v) is 2.44. The summed E-state index contributed by atoms with van der Waals surface area (Å²) in [7, 11) is 0. The summed E-state index contributed by atoms with van der Waals surface area (Å²) in [5, 5.41) is 9.50. The highest BCUT2D eigenvalue weighted by Crippen LogP contribution is 2.13. The molecule has 1 heterocycles. The predicted octanol–water partition coefficient (Wildman–Crippen LogP) is 1.49. The molecule has 2 atom stereocenters. The van der Waals surface area contributed by atoms with Gasteiger partial charge in [0.2, 0.25) is 0 Å². The maximum Gasteiger partial charge on any atom is 0.251 e. The molecule has 0 aromatic carbocycles. The fourth-order valence-electron chi connectivity index (χ4n) is 1.63. The Hall–Kier alpha value is -1.09. The number of hydrogen-bond acceptors (Lipinski definition) is 2. The van der Waals surface area contributed by atoms with Crippen LogP contribution in [0.4, 0.5) is 0 Å². The molecule has 1 aromatic heterocycles. The van der Waals surface area contributed by atoms with Gasteiger partial charge in [0.25, 0.3) is 5.56 Å². The number of pyridine rings is 1. The number of aliphatic hydroxyl groups is 1. The molecule has 0 fully saturated rings. The van der Waals surface area contributed by atoms with Gasteiger partial charge in [-0.05, 0) is 31.9 Å². The molecule has 0 radical (unpaired) electrons. The van der Waals surface area contributed by atoms with Crippen molar-refractivity contribution in [1.82, 2.24) is 4.57 Å². The van der Waals surface area contributed by atoms with E-state index >= 15 is 0 Å². The summed E-state index contributed by atoms with van der Waals surface area (Å²) < 4.78 is 1.59. The highest BCUT2D eigenvalue weighted by Gasteiger charge is 2.15. The van der Waals surface area contributed by atoms with Crippen molar-refractivity contribution in [3.8, 4) is 0 Å². The zero-order valence-electron chi connectivity index (χ0n) is 8.90. The largest absolute Gasteiger partial charge is 0.391 e. The maximum atomic E-state index is 11.6. The van der Waals surface area contributed by atoms with Gasteiger partial charge in [-0.2, -0.15) is 0 Å². The van der Waals surface area contributed by atoms with Crippen LogP contribution < -0.4 is 5.56 Å². The number of aliphatic hydroxyl groups excluding tert-OH is 1. The Bertz CT molecular complexity index is 355. The van der Waals surface area contributed by atoms with Crippen LogP contribution in [-0.2, 0) is 0 Å². The molecule has 0 bridgehead atoms. The van der Waals surface area contributed by atoms with Crippen LogP contribution in [0, 0.1) is 6.92 Å². The Balaban J connectivity index is 3.11. The third kappa shape index (κ3) is 2.23. The molecule has 1 unspecified atom stereocenters. The quantitative estimate of drug-likeness (QED) is 0.794. The highest BCUT2D eigenvalue weighted by atomic mass is 16.3. The Kier molecular flexibility index (Phi) is 3.47. The summed E-state index contributed by atoms with van der Waals surface area (Å²) in [6, 6.07) is 3.35. The van der Waals surface area contributed by atoms with Gasteiger partial charge in [0, 0.05) is 12.3 Å². The van der Waals surface area contributed by atoms with E-state index in [2.05, 4.69) is 0 Å². The van der Waals surface area contributed by atoms with E-state index in [9.17, 15) is 9.90 Å². The van der Waals surface area contributed by atoms with Crippen molar-refractivity contribution in [2.45, 2.75) is 39.3 Å². The van der Waals surface area contributed by atoms with E-state index in [4.69, 9.17) is 0 Å². The molecule has 0 aliphatic carbocycles. The number of rotatable bonds is 3. The summed E-state index contributed by atoms with van der Waals surface area (Å²) >= 11 is 0. The van der Waals surface area contributed by atoms with Crippen molar-refractivity contribution >= 4 is 0 Å². The van der Waals surface area contributed by atoms with Crippen LogP contribution >= 0.6 is 0 Å². The van der Waals surface area contributed by atoms with Crippen LogP contribution in [0.2, 0.25) is 0 Å². The van der Waals surface area contributed by atoms with Gasteiger partial charge in [-0.15, -0.1) is 0 Å². The molecule has 3 heteroatoms. The monoisotopic (exact) mass is 195 g/mol. The normalized spacial score (nSPS) is 15.1. The Morgan fingerprint density at radius 1 is 1.57 bits per heavy atom. The van der Waals surface area contributed by atoms with E-state index in [0.29, 0.717) is 0 Å². The van der Waals surface area contributed by atoms with Crippen molar-refractivity contribution in [3.63, 3.8) is 0 Å². The average molecular weight is 195 g/mol. The second kappa shape index (κ2) is 4.42. The van der Waals surface area contributed by atoms with E-state index in [1.807, 2.05) is 19.9 Å². The second-order valence-corrected chi connectivity index (χ2v) is 3.67. The fourth-order valence-corrected chi connectivity index (χ4v) is 1.63. The minimum atomic E-state index is -0.500. The van der Waals surface area contributed by atoms with Crippen LogP contribution in [0.1, 0.15) is 31.9 Å². The molecule has 1 aromatic rings. The first kappa shape index (κ1) is 11.0. The summed E-state index contributed by atoms with van der Waals surface area (Å²) in [5.41, 5.74) is 0.907. The maximum absolute atomic E-state index is 11.6. The van der Waals surface area contributed by atoms with Gasteiger partial charge >= 0.3 is 0 Å². The standard InChI is InChI=1S/C11H17NO2/c1-4-10(9(3)13)12-6-5-8(2)7-11(12)14/h5-7,9-10,13H,4H2,1-3H3/t9?,10-/m0/s1. The van der Waals surface area contributed by atoms with Crippen LogP contribution in [0.5, 0.6) is 0 Å². The van der Waals surface area contributed by atoms with Gasteiger partial charge in [-0.25, -0.2) is 0 Å². The van der Waals surface area contributed by atoms with E-state index in [-0.39, 0.29) is 11.6 Å². The van der Waals surface area contributed by atoms with Crippen LogP contribution in [0.25, 0.3) is 0 Å². The number of aryl methyl sites for hydroxylation is 1. The molecule has 78 valence electrons. The lowest BCUT2D eigenvalue weighted by Gasteiger charge is -2.20. The van der Waals surface area contributed by atoms with E-state index < -0.39 is 6.10 Å². The molecule has 14 heavy (non-hydrogen) atoms. The van der Waals surface area contributed by atoms with E-state index in [0.717, 1.165) is 12.0 Å². The van der Waals surface area contributed by atoms with E-state index in [1.165, 1.54) is 0 Å². The molecule has 1 N–H and O–H groups in total. The number of hydrogen-bond donors (Lipinski definition) is 1. The van der Waals surface area contributed by atoms with Crippen molar-refractivity contribution in [3.05, 3.63) is 34.2 Å². The summed E-state index contributed by atoms with van der Waals surface area (Å²) in [5.74, 6) is 0. The fraction of sp³-hybridized carbons (Fsp3) is 0.545. The molecule has 0 aliphatic rings. The Labute approximate surface area is 84.0 Å². The first-order chi connectivity index (χ1) is 6.56. The molecular formula is C11H17NO2. The van der Waals surface area contributed by atoms with Gasteiger partial charge in [0.05, 0.1) is 12.1 Å². The second-order valence-electron chi connectivity index (χ2n) is 3.67. The summed E-state index contributed by atoms with van der Waals surface area (Å²) in [4.78, 5) is 11.6. The molecule has 0 saturated carbocycles.